The van der Waals surface area contributed by atoms with Crippen LogP contribution in [0.4, 0.5) is 28.0 Å². The summed E-state index contributed by atoms with van der Waals surface area (Å²) in [5.74, 6) is -0.545. The fourth-order valence-electron chi connectivity index (χ4n) is 4.07. The number of carbonyl (C=O) groups is 1. The van der Waals surface area contributed by atoms with Gasteiger partial charge in [0.25, 0.3) is 0 Å². The molecular formula is C19H14F4N4O. The number of urea groups is 1. The molecule has 5 nitrogen and oxygen atoms in total. The third-order valence-corrected chi connectivity index (χ3v) is 5.27. The Morgan fingerprint density at radius 1 is 1.29 bits per heavy atom. The molecule has 3 heterocycles. The maximum absolute atomic E-state index is 14.0. The van der Waals surface area contributed by atoms with E-state index in [1.807, 2.05) is 0 Å². The molecule has 1 aromatic heterocycles. The summed E-state index contributed by atoms with van der Waals surface area (Å²) in [4.78, 5) is 18.0. The number of fused-ring (bicyclic) bond motifs is 4. The van der Waals surface area contributed by atoms with Crippen molar-refractivity contribution in [1.29, 1.82) is 5.26 Å². The summed E-state index contributed by atoms with van der Waals surface area (Å²) < 4.78 is 53.4. The fourth-order valence-corrected chi connectivity index (χ4v) is 4.07. The number of hydrogen-bond donors (Lipinski definition) is 1. The molecule has 1 saturated heterocycles. The van der Waals surface area contributed by atoms with Crippen LogP contribution in [0.5, 0.6) is 0 Å². The van der Waals surface area contributed by atoms with Crippen molar-refractivity contribution in [2.45, 2.75) is 37.5 Å². The molecule has 1 fully saturated rings. The first kappa shape index (κ1) is 18.2. The number of rotatable bonds is 1. The maximum Gasteiger partial charge on any atom is 0.417 e. The van der Waals surface area contributed by atoms with Gasteiger partial charge in [0.05, 0.1) is 23.2 Å². The Labute approximate surface area is 157 Å². The molecule has 0 unspecified atom stereocenters. The van der Waals surface area contributed by atoms with Gasteiger partial charge in [-0.25, -0.2) is 9.78 Å². The number of anilines is 1. The molecule has 4 rings (SSSR count). The molecule has 144 valence electrons. The lowest BCUT2D eigenvalue weighted by molar-refractivity contribution is -0.137. The highest BCUT2D eigenvalue weighted by Crippen LogP contribution is 2.44. The number of amides is 2. The highest BCUT2D eigenvalue weighted by molar-refractivity contribution is 5.90. The number of nitriles is 1. The van der Waals surface area contributed by atoms with Gasteiger partial charge in [-0.15, -0.1) is 0 Å². The normalized spacial score (nSPS) is 20.5. The minimum atomic E-state index is -4.71. The zero-order valence-corrected chi connectivity index (χ0v) is 14.4. The number of nitrogens with one attached hydrogen (secondary N) is 1. The molecule has 0 radical (unpaired) electrons. The zero-order valence-electron chi connectivity index (χ0n) is 14.4. The Kier molecular flexibility index (Phi) is 4.22. The van der Waals surface area contributed by atoms with E-state index in [4.69, 9.17) is 5.26 Å². The lowest BCUT2D eigenvalue weighted by Crippen LogP contribution is -2.44. The quantitative estimate of drug-likeness (QED) is 0.580. The summed E-state index contributed by atoms with van der Waals surface area (Å²) in [6.45, 7) is 0. The molecule has 0 spiro atoms. The maximum atomic E-state index is 14.0. The number of aromatic nitrogens is 1. The number of nitrogens with zero attached hydrogens (tertiary/aromatic N) is 3. The molecule has 2 atom stereocenters. The molecule has 2 aliphatic rings. The van der Waals surface area contributed by atoms with Gasteiger partial charge < -0.3 is 10.2 Å². The largest absolute Gasteiger partial charge is 0.417 e. The highest BCUT2D eigenvalue weighted by Gasteiger charge is 2.44. The van der Waals surface area contributed by atoms with E-state index in [1.165, 1.54) is 18.3 Å². The van der Waals surface area contributed by atoms with Gasteiger partial charge >= 0.3 is 12.2 Å². The van der Waals surface area contributed by atoms with Crippen molar-refractivity contribution in [1.82, 2.24) is 9.88 Å². The van der Waals surface area contributed by atoms with Crippen LogP contribution in [0.3, 0.4) is 0 Å². The molecule has 1 aromatic carbocycles. The lowest BCUT2D eigenvalue weighted by atomic mass is 9.95. The highest BCUT2D eigenvalue weighted by atomic mass is 19.4. The molecule has 1 N–H and O–H groups in total. The van der Waals surface area contributed by atoms with Gasteiger partial charge in [-0.1, -0.05) is 0 Å². The van der Waals surface area contributed by atoms with Crippen LogP contribution >= 0.6 is 0 Å². The monoisotopic (exact) mass is 390 g/mol. The van der Waals surface area contributed by atoms with Crippen molar-refractivity contribution in [3.63, 3.8) is 0 Å². The van der Waals surface area contributed by atoms with E-state index in [1.54, 1.807) is 11.0 Å². The molecule has 28 heavy (non-hydrogen) atoms. The van der Waals surface area contributed by atoms with E-state index in [-0.39, 0.29) is 17.8 Å². The van der Waals surface area contributed by atoms with E-state index >= 15 is 0 Å². The number of alkyl halides is 3. The second-order valence-corrected chi connectivity index (χ2v) is 6.83. The van der Waals surface area contributed by atoms with Crippen LogP contribution in [0.25, 0.3) is 0 Å². The first-order chi connectivity index (χ1) is 13.3. The predicted molar refractivity (Wildman–Crippen MR) is 90.7 cm³/mol. The summed E-state index contributed by atoms with van der Waals surface area (Å²) in [7, 11) is 0. The second-order valence-electron chi connectivity index (χ2n) is 6.83. The summed E-state index contributed by atoms with van der Waals surface area (Å²) in [6.07, 6.45) is -1.72. The van der Waals surface area contributed by atoms with Crippen molar-refractivity contribution in [2.75, 3.05) is 5.32 Å². The first-order valence-electron chi connectivity index (χ1n) is 8.63. The summed E-state index contributed by atoms with van der Waals surface area (Å²) in [5.41, 5.74) is -0.486. The van der Waals surface area contributed by atoms with Gasteiger partial charge in [-0.2, -0.15) is 22.8 Å². The van der Waals surface area contributed by atoms with E-state index in [0.29, 0.717) is 30.4 Å². The van der Waals surface area contributed by atoms with E-state index in [2.05, 4.69) is 10.3 Å². The van der Waals surface area contributed by atoms with E-state index < -0.39 is 29.3 Å². The van der Waals surface area contributed by atoms with Crippen molar-refractivity contribution in [3.8, 4) is 6.07 Å². The smallest absolute Gasteiger partial charge is 0.314 e. The molecule has 2 aromatic rings. The average molecular weight is 390 g/mol. The van der Waals surface area contributed by atoms with E-state index in [9.17, 15) is 22.4 Å². The Hall–Kier alpha value is -3.15. The van der Waals surface area contributed by atoms with E-state index in [0.717, 1.165) is 12.1 Å². The average Bonchev–Trinajstić information content (AvgIpc) is 2.97. The number of carbonyl (C=O) groups excluding carboxylic acids is 1. The van der Waals surface area contributed by atoms with Crippen LogP contribution in [0.1, 0.15) is 41.1 Å². The standard InChI is InChI=1S/C19H14F4N4O/c20-17-14-8-12-3-4-16(13(14)5-6-25-17)27(12)18(28)26-11-2-1-10(9-24)15(7-11)19(21,22)23/h1-2,5-7,12,16H,3-4,8H2,(H,26,28)/t12-,16+/m0/s1. The minimum absolute atomic E-state index is 0.0533. The van der Waals surface area contributed by atoms with Gasteiger partial charge in [-0.3, -0.25) is 0 Å². The Balaban J connectivity index is 1.61. The van der Waals surface area contributed by atoms with Crippen LogP contribution < -0.4 is 5.32 Å². The molecule has 2 bridgehead atoms. The van der Waals surface area contributed by atoms with Crippen LogP contribution in [0, 0.1) is 17.3 Å². The molecule has 2 amide bonds. The minimum Gasteiger partial charge on any atom is -0.314 e. The summed E-state index contributed by atoms with van der Waals surface area (Å²) in [5, 5.41) is 11.4. The van der Waals surface area contributed by atoms with Gasteiger partial charge in [-0.05, 0) is 49.1 Å². The van der Waals surface area contributed by atoms with Crippen LogP contribution in [-0.2, 0) is 12.6 Å². The van der Waals surface area contributed by atoms with Crippen LogP contribution in [0.15, 0.2) is 30.5 Å². The van der Waals surface area contributed by atoms with Gasteiger partial charge in [0.15, 0.2) is 0 Å². The topological polar surface area (TPSA) is 69.0 Å². The fraction of sp³-hybridized carbons (Fsp3) is 0.316. The molecule has 9 heteroatoms. The van der Waals surface area contributed by atoms with Gasteiger partial charge in [0.1, 0.15) is 0 Å². The zero-order chi connectivity index (χ0) is 20.1. The third kappa shape index (κ3) is 2.95. The second kappa shape index (κ2) is 6.48. The van der Waals surface area contributed by atoms with Gasteiger partial charge in [0, 0.05) is 23.5 Å². The van der Waals surface area contributed by atoms with Crippen molar-refractivity contribution in [3.05, 3.63) is 58.7 Å². The number of halogens is 4. The number of pyridine rings is 1. The lowest BCUT2D eigenvalue weighted by Gasteiger charge is -2.36. The summed E-state index contributed by atoms with van der Waals surface area (Å²) in [6, 6.07) is 5.08. The van der Waals surface area contributed by atoms with Crippen molar-refractivity contribution >= 4 is 11.7 Å². The SMILES string of the molecule is N#Cc1ccc(NC(=O)N2[C@H]3CC[C@@H]2c2ccnc(F)c2C3)cc1C(F)(F)F. The number of benzene rings is 1. The van der Waals surface area contributed by atoms with Crippen LogP contribution in [0.2, 0.25) is 0 Å². The molecular weight excluding hydrogens is 376 g/mol. The third-order valence-electron chi connectivity index (χ3n) is 5.27. The van der Waals surface area contributed by atoms with Crippen molar-refractivity contribution in [2.24, 2.45) is 0 Å². The molecule has 0 saturated carbocycles. The van der Waals surface area contributed by atoms with Gasteiger partial charge in [0.2, 0.25) is 5.95 Å². The number of hydrogen-bond acceptors (Lipinski definition) is 3. The Morgan fingerprint density at radius 3 is 2.79 bits per heavy atom. The molecule has 0 aliphatic carbocycles. The Bertz CT molecular complexity index is 998. The Morgan fingerprint density at radius 2 is 2.07 bits per heavy atom. The summed E-state index contributed by atoms with van der Waals surface area (Å²) >= 11 is 0. The predicted octanol–water partition coefficient (Wildman–Crippen LogP) is 4.40. The first-order valence-corrected chi connectivity index (χ1v) is 8.63. The van der Waals surface area contributed by atoms with Crippen LogP contribution in [-0.4, -0.2) is 22.0 Å². The van der Waals surface area contributed by atoms with Crippen molar-refractivity contribution < 1.29 is 22.4 Å². The molecule has 2 aliphatic heterocycles.